The predicted octanol–water partition coefficient (Wildman–Crippen LogP) is 3.55. The van der Waals surface area contributed by atoms with Gasteiger partial charge in [0.2, 0.25) is 0 Å². The standard InChI is InChI=1S/C22H29N3O2/c1-15-12-16(2)20(17(3)13-15)24-22(27)19-9-6-8-18(14-19)21(26)23-10-7-11-25(4)5/h6,8-9,12-14H,7,10-11H2,1-5H3,(H,23,26)(H,24,27). The molecule has 0 atom stereocenters. The van der Waals surface area contributed by atoms with Crippen molar-refractivity contribution < 1.29 is 9.59 Å². The minimum Gasteiger partial charge on any atom is -0.352 e. The summed E-state index contributed by atoms with van der Waals surface area (Å²) in [6.07, 6.45) is 0.880. The van der Waals surface area contributed by atoms with Crippen molar-refractivity contribution in [3.63, 3.8) is 0 Å². The van der Waals surface area contributed by atoms with Crippen molar-refractivity contribution in [1.29, 1.82) is 0 Å². The lowest BCUT2D eigenvalue weighted by molar-refractivity contribution is 0.0952. The molecule has 0 aromatic heterocycles. The highest BCUT2D eigenvalue weighted by molar-refractivity contribution is 6.06. The van der Waals surface area contributed by atoms with Crippen LogP contribution in [0.5, 0.6) is 0 Å². The van der Waals surface area contributed by atoms with Gasteiger partial charge in [0.05, 0.1) is 0 Å². The van der Waals surface area contributed by atoms with Gasteiger partial charge >= 0.3 is 0 Å². The monoisotopic (exact) mass is 367 g/mol. The number of aryl methyl sites for hydroxylation is 3. The van der Waals surface area contributed by atoms with Gasteiger partial charge in [-0.25, -0.2) is 0 Å². The molecule has 2 aromatic carbocycles. The molecule has 0 bridgehead atoms. The summed E-state index contributed by atoms with van der Waals surface area (Å²) in [7, 11) is 4.00. The zero-order valence-electron chi connectivity index (χ0n) is 16.8. The van der Waals surface area contributed by atoms with E-state index >= 15 is 0 Å². The maximum Gasteiger partial charge on any atom is 0.255 e. The molecule has 0 aliphatic carbocycles. The second-order valence-corrected chi connectivity index (χ2v) is 7.22. The van der Waals surface area contributed by atoms with Crippen LogP contribution in [0, 0.1) is 20.8 Å². The Balaban J connectivity index is 2.06. The summed E-state index contributed by atoms with van der Waals surface area (Å²) < 4.78 is 0. The van der Waals surface area contributed by atoms with Gasteiger partial charge < -0.3 is 15.5 Å². The molecule has 27 heavy (non-hydrogen) atoms. The molecule has 2 N–H and O–H groups in total. The van der Waals surface area contributed by atoms with E-state index in [0.717, 1.165) is 35.3 Å². The van der Waals surface area contributed by atoms with Crippen molar-refractivity contribution >= 4 is 17.5 Å². The van der Waals surface area contributed by atoms with Crippen molar-refractivity contribution in [2.24, 2.45) is 0 Å². The van der Waals surface area contributed by atoms with Gasteiger partial charge in [-0.3, -0.25) is 9.59 Å². The van der Waals surface area contributed by atoms with Crippen LogP contribution >= 0.6 is 0 Å². The maximum absolute atomic E-state index is 12.7. The highest BCUT2D eigenvalue weighted by Gasteiger charge is 2.13. The summed E-state index contributed by atoms with van der Waals surface area (Å²) in [5, 5.41) is 5.87. The smallest absolute Gasteiger partial charge is 0.255 e. The van der Waals surface area contributed by atoms with E-state index < -0.39 is 0 Å². The fourth-order valence-corrected chi connectivity index (χ4v) is 3.06. The molecule has 5 heteroatoms. The van der Waals surface area contributed by atoms with Crippen LogP contribution < -0.4 is 10.6 Å². The number of anilines is 1. The Morgan fingerprint density at radius 2 is 1.52 bits per heavy atom. The first kappa shape index (κ1) is 20.6. The summed E-state index contributed by atoms with van der Waals surface area (Å²) in [4.78, 5) is 27.1. The summed E-state index contributed by atoms with van der Waals surface area (Å²) >= 11 is 0. The Kier molecular flexibility index (Phi) is 7.13. The van der Waals surface area contributed by atoms with Crippen LogP contribution in [0.3, 0.4) is 0 Å². The van der Waals surface area contributed by atoms with Crippen molar-refractivity contribution in [3.05, 3.63) is 64.2 Å². The number of hydrogen-bond acceptors (Lipinski definition) is 3. The number of amides is 2. The molecule has 0 unspecified atom stereocenters. The van der Waals surface area contributed by atoms with Crippen molar-refractivity contribution in [2.75, 3.05) is 32.5 Å². The van der Waals surface area contributed by atoms with E-state index in [4.69, 9.17) is 0 Å². The molecular weight excluding hydrogens is 338 g/mol. The highest BCUT2D eigenvalue weighted by atomic mass is 16.2. The number of rotatable bonds is 7. The lowest BCUT2D eigenvalue weighted by atomic mass is 10.0. The number of nitrogens with zero attached hydrogens (tertiary/aromatic N) is 1. The molecule has 2 amide bonds. The first-order chi connectivity index (χ1) is 12.8. The topological polar surface area (TPSA) is 61.4 Å². The van der Waals surface area contributed by atoms with Gasteiger partial charge in [-0.2, -0.15) is 0 Å². The molecule has 0 heterocycles. The Hall–Kier alpha value is -2.66. The fourth-order valence-electron chi connectivity index (χ4n) is 3.06. The first-order valence-corrected chi connectivity index (χ1v) is 9.20. The molecule has 0 aliphatic rings. The van der Waals surface area contributed by atoms with Crippen molar-refractivity contribution in [3.8, 4) is 0 Å². The van der Waals surface area contributed by atoms with Crippen molar-refractivity contribution in [2.45, 2.75) is 27.2 Å². The minimum atomic E-state index is -0.215. The molecule has 0 saturated heterocycles. The van der Waals surface area contributed by atoms with E-state index in [1.165, 1.54) is 0 Å². The van der Waals surface area contributed by atoms with Crippen LogP contribution in [0.2, 0.25) is 0 Å². The molecule has 144 valence electrons. The van der Waals surface area contributed by atoms with Gasteiger partial charge in [0.1, 0.15) is 0 Å². The third kappa shape index (κ3) is 5.93. The van der Waals surface area contributed by atoms with E-state index in [2.05, 4.69) is 15.5 Å². The minimum absolute atomic E-state index is 0.161. The molecule has 0 spiro atoms. The molecule has 0 radical (unpaired) electrons. The molecule has 5 nitrogen and oxygen atoms in total. The van der Waals surface area contributed by atoms with E-state index in [-0.39, 0.29) is 11.8 Å². The lowest BCUT2D eigenvalue weighted by Gasteiger charge is -2.13. The second kappa shape index (κ2) is 9.33. The largest absolute Gasteiger partial charge is 0.352 e. The van der Waals surface area contributed by atoms with E-state index in [0.29, 0.717) is 17.7 Å². The zero-order valence-corrected chi connectivity index (χ0v) is 16.8. The molecule has 0 saturated carbocycles. The molecular formula is C22H29N3O2. The number of carbonyl (C=O) groups excluding carboxylic acids is 2. The first-order valence-electron chi connectivity index (χ1n) is 9.20. The second-order valence-electron chi connectivity index (χ2n) is 7.22. The van der Waals surface area contributed by atoms with E-state index in [1.807, 2.05) is 47.0 Å². The van der Waals surface area contributed by atoms with Crippen LogP contribution in [0.1, 0.15) is 43.8 Å². The SMILES string of the molecule is Cc1cc(C)c(NC(=O)c2cccc(C(=O)NCCCN(C)C)c2)c(C)c1. The van der Waals surface area contributed by atoms with Crippen LogP contribution in [0.25, 0.3) is 0 Å². The molecule has 2 aromatic rings. The number of benzene rings is 2. The Bertz CT molecular complexity index is 805. The highest BCUT2D eigenvalue weighted by Crippen LogP contribution is 2.22. The van der Waals surface area contributed by atoms with Crippen LogP contribution in [0.15, 0.2) is 36.4 Å². The maximum atomic E-state index is 12.7. The summed E-state index contributed by atoms with van der Waals surface area (Å²) in [5.74, 6) is -0.376. The fraction of sp³-hybridized carbons (Fsp3) is 0.364. The predicted molar refractivity (Wildman–Crippen MR) is 111 cm³/mol. The number of carbonyl (C=O) groups is 2. The molecule has 0 aliphatic heterocycles. The number of nitrogens with one attached hydrogen (secondary N) is 2. The van der Waals surface area contributed by atoms with Crippen LogP contribution in [-0.2, 0) is 0 Å². The van der Waals surface area contributed by atoms with Gasteiger partial charge in [-0.15, -0.1) is 0 Å². The summed E-state index contributed by atoms with van der Waals surface area (Å²) in [5.41, 5.74) is 4.99. The van der Waals surface area contributed by atoms with E-state index in [9.17, 15) is 9.59 Å². The third-order valence-corrected chi connectivity index (χ3v) is 4.37. The third-order valence-electron chi connectivity index (χ3n) is 4.37. The van der Waals surface area contributed by atoms with Crippen molar-refractivity contribution in [1.82, 2.24) is 10.2 Å². The summed E-state index contributed by atoms with van der Waals surface area (Å²) in [6.45, 7) is 7.51. The van der Waals surface area contributed by atoms with Crippen LogP contribution in [0.4, 0.5) is 5.69 Å². The quantitative estimate of drug-likeness (QED) is 0.736. The van der Waals surface area contributed by atoms with Gasteiger partial charge in [0, 0.05) is 23.4 Å². The summed E-state index contributed by atoms with van der Waals surface area (Å²) in [6, 6.07) is 10.9. The molecule has 0 fully saturated rings. The lowest BCUT2D eigenvalue weighted by Crippen LogP contribution is -2.27. The van der Waals surface area contributed by atoms with Gasteiger partial charge in [-0.05, 0) is 77.2 Å². The normalized spacial score (nSPS) is 10.7. The number of hydrogen-bond donors (Lipinski definition) is 2. The van der Waals surface area contributed by atoms with Gasteiger partial charge in [-0.1, -0.05) is 23.8 Å². The van der Waals surface area contributed by atoms with Gasteiger partial charge in [0.25, 0.3) is 11.8 Å². The average Bonchev–Trinajstić information content (AvgIpc) is 2.61. The zero-order chi connectivity index (χ0) is 20.0. The Morgan fingerprint density at radius 1 is 0.926 bits per heavy atom. The Morgan fingerprint density at radius 3 is 2.11 bits per heavy atom. The Labute approximate surface area is 161 Å². The van der Waals surface area contributed by atoms with Crippen LogP contribution in [-0.4, -0.2) is 43.9 Å². The van der Waals surface area contributed by atoms with Gasteiger partial charge in [0.15, 0.2) is 0 Å². The molecule has 2 rings (SSSR count). The average molecular weight is 367 g/mol. The van der Waals surface area contributed by atoms with E-state index in [1.54, 1.807) is 24.3 Å².